The molecule has 0 saturated carbocycles. The Morgan fingerprint density at radius 3 is 2.62 bits per heavy atom. The first-order valence-electron chi connectivity index (χ1n) is 4.85. The van der Waals surface area contributed by atoms with Crippen molar-refractivity contribution in [2.45, 2.75) is 0 Å². The SMILES string of the molecule is Cn1cccc1C(=O)Nc1ccccc1Cl. The van der Waals surface area contributed by atoms with Crippen molar-refractivity contribution < 1.29 is 4.79 Å². The van der Waals surface area contributed by atoms with Crippen LogP contribution in [0.25, 0.3) is 0 Å². The number of nitrogens with one attached hydrogen (secondary N) is 1. The largest absolute Gasteiger partial charge is 0.347 e. The molecule has 1 N–H and O–H groups in total. The molecule has 2 aromatic rings. The summed E-state index contributed by atoms with van der Waals surface area (Å²) in [5.74, 6) is -0.166. The normalized spacial score (nSPS) is 10.1. The highest BCUT2D eigenvalue weighted by Gasteiger charge is 2.10. The summed E-state index contributed by atoms with van der Waals surface area (Å²) in [4.78, 5) is 11.9. The lowest BCUT2D eigenvalue weighted by Crippen LogP contribution is -2.15. The minimum atomic E-state index is -0.166. The molecule has 0 bridgehead atoms. The van der Waals surface area contributed by atoms with E-state index in [1.807, 2.05) is 31.4 Å². The summed E-state index contributed by atoms with van der Waals surface area (Å²) in [6.07, 6.45) is 1.82. The first-order chi connectivity index (χ1) is 7.68. The molecule has 0 radical (unpaired) electrons. The van der Waals surface area contributed by atoms with Crippen molar-refractivity contribution in [2.75, 3.05) is 5.32 Å². The van der Waals surface area contributed by atoms with Crippen LogP contribution < -0.4 is 5.32 Å². The highest BCUT2D eigenvalue weighted by atomic mass is 35.5. The summed E-state index contributed by atoms with van der Waals surface area (Å²) in [5, 5.41) is 3.29. The average molecular weight is 235 g/mol. The highest BCUT2D eigenvalue weighted by molar-refractivity contribution is 6.33. The fourth-order valence-corrected chi connectivity index (χ4v) is 1.63. The molecule has 2 rings (SSSR count). The van der Waals surface area contributed by atoms with Crippen molar-refractivity contribution in [3.8, 4) is 0 Å². The fourth-order valence-electron chi connectivity index (χ4n) is 1.45. The number of halogens is 1. The van der Waals surface area contributed by atoms with E-state index in [0.717, 1.165) is 0 Å². The van der Waals surface area contributed by atoms with Gasteiger partial charge in [0.15, 0.2) is 0 Å². The second kappa shape index (κ2) is 4.41. The smallest absolute Gasteiger partial charge is 0.272 e. The fraction of sp³-hybridized carbons (Fsp3) is 0.0833. The Labute approximate surface area is 98.7 Å². The monoisotopic (exact) mass is 234 g/mol. The average Bonchev–Trinajstić information content (AvgIpc) is 2.68. The molecule has 0 aliphatic heterocycles. The van der Waals surface area contributed by atoms with Crippen LogP contribution in [0.1, 0.15) is 10.5 Å². The van der Waals surface area contributed by atoms with Gasteiger partial charge in [0.1, 0.15) is 5.69 Å². The quantitative estimate of drug-likeness (QED) is 0.852. The van der Waals surface area contributed by atoms with E-state index < -0.39 is 0 Å². The van der Waals surface area contributed by atoms with Gasteiger partial charge in [-0.05, 0) is 24.3 Å². The van der Waals surface area contributed by atoms with Crippen molar-refractivity contribution >= 4 is 23.2 Å². The molecule has 1 aromatic carbocycles. The zero-order chi connectivity index (χ0) is 11.5. The van der Waals surface area contributed by atoms with Crippen molar-refractivity contribution in [1.82, 2.24) is 4.57 Å². The van der Waals surface area contributed by atoms with Crippen LogP contribution in [-0.4, -0.2) is 10.5 Å². The number of aryl methyl sites for hydroxylation is 1. The standard InChI is InChI=1S/C12H11ClN2O/c1-15-8-4-7-11(15)12(16)14-10-6-3-2-5-9(10)13/h2-8H,1H3,(H,14,16). The van der Waals surface area contributed by atoms with Gasteiger partial charge in [-0.2, -0.15) is 0 Å². The summed E-state index contributed by atoms with van der Waals surface area (Å²) in [5.41, 5.74) is 1.22. The zero-order valence-electron chi connectivity index (χ0n) is 8.77. The first-order valence-corrected chi connectivity index (χ1v) is 5.23. The lowest BCUT2D eigenvalue weighted by atomic mass is 10.3. The summed E-state index contributed by atoms with van der Waals surface area (Å²) >= 11 is 5.95. The van der Waals surface area contributed by atoms with Crippen LogP contribution in [0.2, 0.25) is 5.02 Å². The lowest BCUT2D eigenvalue weighted by Gasteiger charge is -2.07. The van der Waals surface area contributed by atoms with E-state index in [1.54, 1.807) is 22.8 Å². The molecular formula is C12H11ClN2O. The summed E-state index contributed by atoms with van der Waals surface area (Å²) in [6, 6.07) is 10.7. The van der Waals surface area contributed by atoms with E-state index in [4.69, 9.17) is 11.6 Å². The number of anilines is 1. The number of carbonyl (C=O) groups excluding carboxylic acids is 1. The van der Waals surface area contributed by atoms with Crippen LogP contribution in [-0.2, 0) is 7.05 Å². The van der Waals surface area contributed by atoms with Crippen LogP contribution in [0.5, 0.6) is 0 Å². The van der Waals surface area contributed by atoms with Gasteiger partial charge < -0.3 is 9.88 Å². The van der Waals surface area contributed by atoms with E-state index in [2.05, 4.69) is 5.32 Å². The van der Waals surface area contributed by atoms with Gasteiger partial charge in [0.25, 0.3) is 5.91 Å². The Balaban J connectivity index is 2.21. The van der Waals surface area contributed by atoms with Gasteiger partial charge in [-0.1, -0.05) is 23.7 Å². The molecule has 82 valence electrons. The Morgan fingerprint density at radius 2 is 2.00 bits per heavy atom. The van der Waals surface area contributed by atoms with E-state index >= 15 is 0 Å². The number of carbonyl (C=O) groups is 1. The van der Waals surface area contributed by atoms with E-state index in [0.29, 0.717) is 16.4 Å². The molecule has 1 amide bonds. The molecule has 0 spiro atoms. The molecule has 4 heteroatoms. The number of rotatable bonds is 2. The Bertz CT molecular complexity index is 519. The molecular weight excluding hydrogens is 224 g/mol. The first kappa shape index (κ1) is 10.8. The minimum Gasteiger partial charge on any atom is -0.347 e. The van der Waals surface area contributed by atoms with E-state index in [-0.39, 0.29) is 5.91 Å². The van der Waals surface area contributed by atoms with Gasteiger partial charge in [-0.25, -0.2) is 0 Å². The van der Waals surface area contributed by atoms with Crippen LogP contribution in [0, 0.1) is 0 Å². The third kappa shape index (κ3) is 2.09. The van der Waals surface area contributed by atoms with Gasteiger partial charge in [0.05, 0.1) is 10.7 Å². The summed E-state index contributed by atoms with van der Waals surface area (Å²) < 4.78 is 1.76. The van der Waals surface area contributed by atoms with Crippen LogP contribution in [0.3, 0.4) is 0 Å². The molecule has 0 aliphatic carbocycles. The molecule has 0 atom stereocenters. The second-order valence-corrected chi connectivity index (χ2v) is 3.85. The van der Waals surface area contributed by atoms with Gasteiger partial charge >= 0.3 is 0 Å². The maximum atomic E-state index is 11.9. The van der Waals surface area contributed by atoms with Crippen molar-refractivity contribution in [3.63, 3.8) is 0 Å². The third-order valence-corrected chi connectivity index (χ3v) is 2.63. The molecule has 16 heavy (non-hydrogen) atoms. The van der Waals surface area contributed by atoms with Gasteiger partial charge in [0.2, 0.25) is 0 Å². The summed E-state index contributed by atoms with van der Waals surface area (Å²) in [7, 11) is 1.82. The maximum Gasteiger partial charge on any atom is 0.272 e. The number of nitrogens with zero attached hydrogens (tertiary/aromatic N) is 1. The van der Waals surface area contributed by atoms with Crippen LogP contribution >= 0.6 is 11.6 Å². The second-order valence-electron chi connectivity index (χ2n) is 3.44. The molecule has 1 aromatic heterocycles. The van der Waals surface area contributed by atoms with Gasteiger partial charge in [-0.3, -0.25) is 4.79 Å². The molecule has 3 nitrogen and oxygen atoms in total. The zero-order valence-corrected chi connectivity index (χ0v) is 9.53. The topological polar surface area (TPSA) is 34.0 Å². The van der Waals surface area contributed by atoms with Crippen molar-refractivity contribution in [3.05, 3.63) is 53.3 Å². The predicted molar refractivity (Wildman–Crippen MR) is 64.8 cm³/mol. The van der Waals surface area contributed by atoms with Crippen molar-refractivity contribution in [2.24, 2.45) is 7.05 Å². The lowest BCUT2D eigenvalue weighted by molar-refractivity contribution is 0.101. The Kier molecular flexibility index (Phi) is 2.97. The number of para-hydroxylation sites is 1. The third-order valence-electron chi connectivity index (χ3n) is 2.30. The Hall–Kier alpha value is -1.74. The number of hydrogen-bond acceptors (Lipinski definition) is 1. The predicted octanol–water partition coefficient (Wildman–Crippen LogP) is 2.93. The summed E-state index contributed by atoms with van der Waals surface area (Å²) in [6.45, 7) is 0. The molecule has 0 unspecified atom stereocenters. The maximum absolute atomic E-state index is 11.9. The number of aromatic nitrogens is 1. The minimum absolute atomic E-state index is 0.166. The Morgan fingerprint density at radius 1 is 1.25 bits per heavy atom. The van der Waals surface area contributed by atoms with Gasteiger partial charge in [-0.15, -0.1) is 0 Å². The molecule has 0 aliphatic rings. The number of amides is 1. The van der Waals surface area contributed by atoms with Gasteiger partial charge in [0, 0.05) is 13.2 Å². The number of hydrogen-bond donors (Lipinski definition) is 1. The number of benzene rings is 1. The van der Waals surface area contributed by atoms with E-state index in [9.17, 15) is 4.79 Å². The van der Waals surface area contributed by atoms with Crippen LogP contribution in [0.4, 0.5) is 5.69 Å². The van der Waals surface area contributed by atoms with Crippen LogP contribution in [0.15, 0.2) is 42.6 Å². The van der Waals surface area contributed by atoms with E-state index in [1.165, 1.54) is 0 Å². The highest BCUT2D eigenvalue weighted by Crippen LogP contribution is 2.21. The molecule has 1 heterocycles. The molecule has 0 saturated heterocycles. The van der Waals surface area contributed by atoms with Crippen molar-refractivity contribution in [1.29, 1.82) is 0 Å². The molecule has 0 fully saturated rings.